The second kappa shape index (κ2) is 6.58. The lowest BCUT2D eigenvalue weighted by Gasteiger charge is -2.40. The normalized spacial score (nSPS) is 34.8. The predicted octanol–water partition coefficient (Wildman–Crippen LogP) is 2.44. The SMILES string of the molecule is COC(=O)[C@@]1(CO[Si](C)(C)C(C)(C)C)O[C@@H]2OC(C)(C)O[C@@H]2[C@H]1OC. The van der Waals surface area contributed by atoms with Crippen molar-refractivity contribution < 1.29 is 32.9 Å². The van der Waals surface area contributed by atoms with Crippen LogP contribution in [0.5, 0.6) is 0 Å². The average Bonchev–Trinajstić information content (AvgIpc) is 2.92. The van der Waals surface area contributed by atoms with Crippen LogP contribution in [0.2, 0.25) is 18.1 Å². The van der Waals surface area contributed by atoms with E-state index in [0.29, 0.717) is 0 Å². The predicted molar refractivity (Wildman–Crippen MR) is 93.6 cm³/mol. The summed E-state index contributed by atoms with van der Waals surface area (Å²) in [6, 6.07) is 0. The molecule has 2 heterocycles. The van der Waals surface area contributed by atoms with Crippen molar-refractivity contribution in [2.45, 2.75) is 82.6 Å². The van der Waals surface area contributed by atoms with Gasteiger partial charge in [0.15, 0.2) is 20.4 Å². The largest absolute Gasteiger partial charge is 0.467 e. The molecule has 25 heavy (non-hydrogen) atoms. The third kappa shape index (κ3) is 3.65. The van der Waals surface area contributed by atoms with Crippen molar-refractivity contribution >= 4 is 14.3 Å². The standard InChI is InChI=1S/C17H32O7Si/c1-15(2,3)25(8,9)21-10-17(14(18)20-7)12(19-6)11-13(24-17)23-16(4,5)22-11/h11-13H,10H2,1-9H3/t11-,12-,13+,17+/m1/s1. The minimum absolute atomic E-state index is 0.00363. The van der Waals surface area contributed by atoms with Gasteiger partial charge in [-0.25, -0.2) is 4.79 Å². The summed E-state index contributed by atoms with van der Waals surface area (Å²) in [6.45, 7) is 14.3. The molecule has 8 heteroatoms. The molecule has 0 N–H and O–H groups in total. The van der Waals surface area contributed by atoms with Crippen molar-refractivity contribution in [3.05, 3.63) is 0 Å². The van der Waals surface area contributed by atoms with E-state index in [1.165, 1.54) is 14.2 Å². The lowest BCUT2D eigenvalue weighted by molar-refractivity contribution is -0.250. The Bertz CT molecular complexity index is 514. The number of esters is 1. The number of ether oxygens (including phenoxy) is 5. The van der Waals surface area contributed by atoms with Gasteiger partial charge in [0.1, 0.15) is 12.2 Å². The number of fused-ring (bicyclic) bond motifs is 1. The molecule has 0 saturated carbocycles. The monoisotopic (exact) mass is 376 g/mol. The van der Waals surface area contributed by atoms with Crippen LogP contribution in [0.1, 0.15) is 34.6 Å². The molecule has 4 atom stereocenters. The average molecular weight is 377 g/mol. The van der Waals surface area contributed by atoms with Gasteiger partial charge in [-0.1, -0.05) is 20.8 Å². The van der Waals surface area contributed by atoms with Crippen LogP contribution in [0, 0.1) is 0 Å². The number of carbonyl (C=O) groups excluding carboxylic acids is 1. The van der Waals surface area contributed by atoms with Crippen LogP contribution in [0.3, 0.4) is 0 Å². The Morgan fingerprint density at radius 2 is 1.72 bits per heavy atom. The Kier molecular flexibility index (Phi) is 5.47. The van der Waals surface area contributed by atoms with Crippen molar-refractivity contribution in [1.82, 2.24) is 0 Å². The molecule has 2 saturated heterocycles. The highest BCUT2D eigenvalue weighted by molar-refractivity contribution is 6.74. The quantitative estimate of drug-likeness (QED) is 0.539. The van der Waals surface area contributed by atoms with Gasteiger partial charge in [0, 0.05) is 7.11 Å². The zero-order valence-corrected chi connectivity index (χ0v) is 17.8. The Balaban J connectivity index is 2.29. The summed E-state index contributed by atoms with van der Waals surface area (Å²) < 4.78 is 34.6. The van der Waals surface area contributed by atoms with Gasteiger partial charge in [-0.15, -0.1) is 0 Å². The molecule has 0 bridgehead atoms. The molecule has 2 fully saturated rings. The maximum absolute atomic E-state index is 12.7. The van der Waals surface area contributed by atoms with E-state index in [1.807, 2.05) is 0 Å². The topological polar surface area (TPSA) is 72.5 Å². The molecule has 146 valence electrons. The molecule has 0 spiro atoms. The Morgan fingerprint density at radius 3 is 2.20 bits per heavy atom. The Hall–Kier alpha value is -0.513. The van der Waals surface area contributed by atoms with Crippen LogP contribution in [0.4, 0.5) is 0 Å². The van der Waals surface area contributed by atoms with Crippen LogP contribution >= 0.6 is 0 Å². The minimum Gasteiger partial charge on any atom is -0.467 e. The lowest BCUT2D eigenvalue weighted by atomic mass is 9.96. The first-order valence-corrected chi connectivity index (χ1v) is 11.5. The molecule has 0 amide bonds. The summed E-state index contributed by atoms with van der Waals surface area (Å²) in [5, 5.41) is -0.00363. The highest BCUT2D eigenvalue weighted by Gasteiger charge is 2.67. The number of carbonyl (C=O) groups is 1. The highest BCUT2D eigenvalue weighted by atomic mass is 28.4. The van der Waals surface area contributed by atoms with E-state index in [-0.39, 0.29) is 11.6 Å². The first-order chi connectivity index (χ1) is 11.3. The number of methoxy groups -OCH3 is 2. The van der Waals surface area contributed by atoms with E-state index in [4.69, 9.17) is 28.1 Å². The van der Waals surface area contributed by atoms with Crippen LogP contribution in [-0.2, 0) is 32.9 Å². The van der Waals surface area contributed by atoms with Gasteiger partial charge in [-0.3, -0.25) is 0 Å². The second-order valence-electron chi connectivity index (χ2n) is 8.67. The first-order valence-electron chi connectivity index (χ1n) is 8.58. The van der Waals surface area contributed by atoms with Gasteiger partial charge in [0.05, 0.1) is 13.7 Å². The van der Waals surface area contributed by atoms with Crippen molar-refractivity contribution in [3.8, 4) is 0 Å². The molecule has 2 rings (SSSR count). The molecule has 2 aliphatic rings. The summed E-state index contributed by atoms with van der Waals surface area (Å²) in [4.78, 5) is 12.7. The van der Waals surface area contributed by atoms with Crippen LogP contribution in [0.15, 0.2) is 0 Å². The highest BCUT2D eigenvalue weighted by Crippen LogP contribution is 2.45. The molecule has 0 aromatic carbocycles. The fourth-order valence-corrected chi connectivity index (χ4v) is 3.94. The fourth-order valence-electron chi connectivity index (χ4n) is 2.93. The van der Waals surface area contributed by atoms with E-state index in [2.05, 4.69) is 33.9 Å². The third-order valence-corrected chi connectivity index (χ3v) is 9.89. The molecular formula is C17H32O7Si. The van der Waals surface area contributed by atoms with E-state index in [1.54, 1.807) is 13.8 Å². The van der Waals surface area contributed by atoms with E-state index < -0.39 is 44.2 Å². The molecule has 0 unspecified atom stereocenters. The molecule has 0 aromatic heterocycles. The van der Waals surface area contributed by atoms with Gasteiger partial charge in [0.25, 0.3) is 0 Å². The summed E-state index contributed by atoms with van der Waals surface area (Å²) in [6.07, 6.45) is -1.92. The Morgan fingerprint density at radius 1 is 1.12 bits per heavy atom. The summed E-state index contributed by atoms with van der Waals surface area (Å²) in [5.74, 6) is -1.34. The number of hydrogen-bond donors (Lipinski definition) is 0. The van der Waals surface area contributed by atoms with Gasteiger partial charge in [-0.05, 0) is 32.0 Å². The van der Waals surface area contributed by atoms with E-state index in [0.717, 1.165) is 0 Å². The van der Waals surface area contributed by atoms with Crippen LogP contribution in [-0.4, -0.2) is 65.0 Å². The minimum atomic E-state index is -2.11. The number of rotatable bonds is 5. The molecule has 0 aliphatic carbocycles. The lowest BCUT2D eigenvalue weighted by Crippen LogP contribution is -2.58. The number of hydrogen-bond acceptors (Lipinski definition) is 7. The summed E-state index contributed by atoms with van der Waals surface area (Å²) >= 11 is 0. The van der Waals surface area contributed by atoms with Crippen molar-refractivity contribution in [1.29, 1.82) is 0 Å². The van der Waals surface area contributed by atoms with E-state index >= 15 is 0 Å². The molecule has 7 nitrogen and oxygen atoms in total. The molecule has 0 radical (unpaired) electrons. The zero-order valence-electron chi connectivity index (χ0n) is 16.8. The van der Waals surface area contributed by atoms with Crippen molar-refractivity contribution in [2.24, 2.45) is 0 Å². The van der Waals surface area contributed by atoms with Gasteiger partial charge < -0.3 is 28.1 Å². The zero-order chi connectivity index (χ0) is 19.3. The molecular weight excluding hydrogens is 344 g/mol. The maximum Gasteiger partial charge on any atom is 0.343 e. The fraction of sp³-hybridized carbons (Fsp3) is 0.941. The third-order valence-electron chi connectivity index (χ3n) is 5.41. The Labute approximate surface area is 151 Å². The molecule has 0 aromatic rings. The van der Waals surface area contributed by atoms with Crippen molar-refractivity contribution in [2.75, 3.05) is 20.8 Å². The molecule has 2 aliphatic heterocycles. The smallest absolute Gasteiger partial charge is 0.343 e. The van der Waals surface area contributed by atoms with Gasteiger partial charge in [-0.2, -0.15) is 0 Å². The summed E-state index contributed by atoms with van der Waals surface area (Å²) in [5.41, 5.74) is -1.41. The van der Waals surface area contributed by atoms with E-state index in [9.17, 15) is 4.79 Å². The summed E-state index contributed by atoms with van der Waals surface area (Å²) in [7, 11) is 0.739. The van der Waals surface area contributed by atoms with Gasteiger partial charge in [0.2, 0.25) is 5.60 Å². The first kappa shape index (κ1) is 20.8. The van der Waals surface area contributed by atoms with Crippen molar-refractivity contribution in [3.63, 3.8) is 0 Å². The van der Waals surface area contributed by atoms with Crippen LogP contribution < -0.4 is 0 Å². The van der Waals surface area contributed by atoms with Crippen LogP contribution in [0.25, 0.3) is 0 Å². The maximum atomic E-state index is 12.7. The second-order valence-corrected chi connectivity index (χ2v) is 13.5. The van der Waals surface area contributed by atoms with Gasteiger partial charge >= 0.3 is 5.97 Å².